The van der Waals surface area contributed by atoms with Crippen LogP contribution < -0.4 is 5.73 Å². The SMILES string of the molecule is C/C=C/CN1CC(CN)CCC1=O. The second-order valence-electron chi connectivity index (χ2n) is 3.51. The molecule has 1 fully saturated rings. The van der Waals surface area contributed by atoms with Gasteiger partial charge in [-0.3, -0.25) is 4.79 Å². The quantitative estimate of drug-likeness (QED) is 0.655. The van der Waals surface area contributed by atoms with Crippen molar-refractivity contribution >= 4 is 5.91 Å². The van der Waals surface area contributed by atoms with Gasteiger partial charge in [0, 0.05) is 19.5 Å². The molecule has 0 spiro atoms. The Balaban J connectivity index is 2.44. The molecule has 1 aliphatic rings. The van der Waals surface area contributed by atoms with E-state index in [2.05, 4.69) is 0 Å². The van der Waals surface area contributed by atoms with Crippen molar-refractivity contribution in [1.82, 2.24) is 4.90 Å². The Morgan fingerprint density at radius 1 is 1.69 bits per heavy atom. The lowest BCUT2D eigenvalue weighted by atomic mass is 9.98. The number of carbonyl (C=O) groups is 1. The van der Waals surface area contributed by atoms with Gasteiger partial charge in [0.25, 0.3) is 0 Å². The highest BCUT2D eigenvalue weighted by molar-refractivity contribution is 5.77. The van der Waals surface area contributed by atoms with Crippen LogP contribution in [0.5, 0.6) is 0 Å². The molecule has 0 radical (unpaired) electrons. The fraction of sp³-hybridized carbons (Fsp3) is 0.700. The maximum Gasteiger partial charge on any atom is 0.222 e. The Bertz CT molecular complexity index is 201. The van der Waals surface area contributed by atoms with Crippen molar-refractivity contribution in [2.45, 2.75) is 19.8 Å². The zero-order valence-electron chi connectivity index (χ0n) is 8.20. The van der Waals surface area contributed by atoms with Gasteiger partial charge in [0.2, 0.25) is 5.91 Å². The Morgan fingerprint density at radius 3 is 3.08 bits per heavy atom. The van der Waals surface area contributed by atoms with Crippen LogP contribution in [0.15, 0.2) is 12.2 Å². The van der Waals surface area contributed by atoms with E-state index in [-0.39, 0.29) is 5.91 Å². The monoisotopic (exact) mass is 182 g/mol. The fourth-order valence-corrected chi connectivity index (χ4v) is 1.59. The summed E-state index contributed by atoms with van der Waals surface area (Å²) in [6.07, 6.45) is 5.61. The number of nitrogens with zero attached hydrogens (tertiary/aromatic N) is 1. The van der Waals surface area contributed by atoms with Gasteiger partial charge < -0.3 is 10.6 Å². The predicted octanol–water partition coefficient (Wildman–Crippen LogP) is 0.760. The first-order chi connectivity index (χ1) is 6.27. The van der Waals surface area contributed by atoms with E-state index in [1.54, 1.807) is 0 Å². The zero-order valence-corrected chi connectivity index (χ0v) is 8.20. The van der Waals surface area contributed by atoms with Gasteiger partial charge in [-0.2, -0.15) is 0 Å². The molecule has 0 bridgehead atoms. The van der Waals surface area contributed by atoms with Gasteiger partial charge in [-0.25, -0.2) is 0 Å². The molecular weight excluding hydrogens is 164 g/mol. The van der Waals surface area contributed by atoms with E-state index in [0.29, 0.717) is 18.9 Å². The summed E-state index contributed by atoms with van der Waals surface area (Å²) in [4.78, 5) is 13.3. The minimum absolute atomic E-state index is 0.266. The molecule has 1 heterocycles. The lowest BCUT2D eigenvalue weighted by Gasteiger charge is -2.31. The van der Waals surface area contributed by atoms with E-state index >= 15 is 0 Å². The lowest BCUT2D eigenvalue weighted by molar-refractivity contribution is -0.134. The number of hydrogen-bond acceptors (Lipinski definition) is 2. The number of carbonyl (C=O) groups excluding carboxylic acids is 1. The Hall–Kier alpha value is -0.830. The molecule has 0 aromatic carbocycles. The van der Waals surface area contributed by atoms with Crippen LogP contribution in [0.25, 0.3) is 0 Å². The summed E-state index contributed by atoms with van der Waals surface area (Å²) < 4.78 is 0. The largest absolute Gasteiger partial charge is 0.339 e. The number of allylic oxidation sites excluding steroid dienone is 1. The van der Waals surface area contributed by atoms with E-state index in [1.807, 2.05) is 24.0 Å². The number of hydrogen-bond donors (Lipinski definition) is 1. The minimum Gasteiger partial charge on any atom is -0.339 e. The third-order valence-electron chi connectivity index (χ3n) is 2.49. The highest BCUT2D eigenvalue weighted by Gasteiger charge is 2.23. The van der Waals surface area contributed by atoms with Gasteiger partial charge in [0.1, 0.15) is 0 Å². The van der Waals surface area contributed by atoms with Crippen LogP contribution in [0.2, 0.25) is 0 Å². The Morgan fingerprint density at radius 2 is 2.46 bits per heavy atom. The van der Waals surface area contributed by atoms with Gasteiger partial charge in [-0.1, -0.05) is 12.2 Å². The van der Waals surface area contributed by atoms with Crippen LogP contribution in [0.3, 0.4) is 0 Å². The number of nitrogens with two attached hydrogens (primary N) is 1. The van der Waals surface area contributed by atoms with Crippen LogP contribution in [0.1, 0.15) is 19.8 Å². The Labute approximate surface area is 79.6 Å². The molecule has 1 rings (SSSR count). The molecule has 0 saturated carbocycles. The average Bonchev–Trinajstić information content (AvgIpc) is 2.17. The van der Waals surface area contributed by atoms with Gasteiger partial charge in [0.05, 0.1) is 0 Å². The number of likely N-dealkylation sites (tertiary alicyclic amines) is 1. The van der Waals surface area contributed by atoms with Crippen molar-refractivity contribution < 1.29 is 4.79 Å². The number of rotatable bonds is 3. The summed E-state index contributed by atoms with van der Waals surface area (Å²) in [5, 5.41) is 0. The summed E-state index contributed by atoms with van der Waals surface area (Å²) >= 11 is 0. The molecular formula is C10H18N2O. The summed E-state index contributed by atoms with van der Waals surface area (Å²) in [6, 6.07) is 0. The first-order valence-electron chi connectivity index (χ1n) is 4.87. The Kier molecular flexibility index (Phi) is 3.96. The molecule has 1 saturated heterocycles. The molecule has 2 N–H and O–H groups in total. The van der Waals surface area contributed by atoms with E-state index in [4.69, 9.17) is 5.73 Å². The highest BCUT2D eigenvalue weighted by atomic mass is 16.2. The van der Waals surface area contributed by atoms with Crippen molar-refractivity contribution in [3.8, 4) is 0 Å². The van der Waals surface area contributed by atoms with Crippen LogP contribution >= 0.6 is 0 Å². The van der Waals surface area contributed by atoms with Gasteiger partial charge in [-0.15, -0.1) is 0 Å². The second-order valence-corrected chi connectivity index (χ2v) is 3.51. The standard InChI is InChI=1S/C10H18N2O/c1-2-3-6-12-8-9(7-11)4-5-10(12)13/h2-3,9H,4-8,11H2,1H3/b3-2+. The molecule has 0 aliphatic carbocycles. The number of piperidine rings is 1. The van der Waals surface area contributed by atoms with Crippen molar-refractivity contribution in [3.05, 3.63) is 12.2 Å². The van der Waals surface area contributed by atoms with Gasteiger partial charge in [-0.05, 0) is 25.8 Å². The summed E-state index contributed by atoms with van der Waals surface area (Å²) in [7, 11) is 0. The fourth-order valence-electron chi connectivity index (χ4n) is 1.59. The van der Waals surface area contributed by atoms with Crippen molar-refractivity contribution in [1.29, 1.82) is 0 Å². The average molecular weight is 182 g/mol. The third-order valence-corrected chi connectivity index (χ3v) is 2.49. The third kappa shape index (κ3) is 2.84. The van der Waals surface area contributed by atoms with Crippen molar-refractivity contribution in [3.63, 3.8) is 0 Å². The molecule has 13 heavy (non-hydrogen) atoms. The van der Waals surface area contributed by atoms with Gasteiger partial charge >= 0.3 is 0 Å². The van der Waals surface area contributed by atoms with Crippen LogP contribution in [-0.2, 0) is 4.79 Å². The lowest BCUT2D eigenvalue weighted by Crippen LogP contribution is -2.42. The molecule has 1 amide bonds. The first-order valence-corrected chi connectivity index (χ1v) is 4.87. The normalized spacial score (nSPS) is 24.3. The molecule has 3 heteroatoms. The van der Waals surface area contributed by atoms with Crippen LogP contribution in [0, 0.1) is 5.92 Å². The summed E-state index contributed by atoms with van der Waals surface area (Å²) in [5.41, 5.74) is 5.58. The van der Waals surface area contributed by atoms with E-state index in [1.165, 1.54) is 0 Å². The predicted molar refractivity (Wildman–Crippen MR) is 53.2 cm³/mol. The molecule has 3 nitrogen and oxygen atoms in total. The molecule has 1 atom stereocenters. The van der Waals surface area contributed by atoms with Crippen molar-refractivity contribution in [2.75, 3.05) is 19.6 Å². The van der Waals surface area contributed by atoms with Crippen molar-refractivity contribution in [2.24, 2.45) is 11.7 Å². The molecule has 1 aliphatic heterocycles. The summed E-state index contributed by atoms with van der Waals surface area (Å²) in [6.45, 7) is 4.24. The maximum atomic E-state index is 11.4. The second kappa shape index (κ2) is 5.02. The molecule has 1 unspecified atom stereocenters. The van der Waals surface area contributed by atoms with Gasteiger partial charge in [0.15, 0.2) is 0 Å². The summed E-state index contributed by atoms with van der Waals surface area (Å²) in [5.74, 6) is 0.769. The van der Waals surface area contributed by atoms with Crippen LogP contribution in [-0.4, -0.2) is 30.4 Å². The van der Waals surface area contributed by atoms with E-state index in [0.717, 1.165) is 19.5 Å². The number of amides is 1. The first kappa shape index (κ1) is 10.3. The zero-order chi connectivity index (χ0) is 9.68. The highest BCUT2D eigenvalue weighted by Crippen LogP contribution is 2.15. The maximum absolute atomic E-state index is 11.4. The van der Waals surface area contributed by atoms with E-state index < -0.39 is 0 Å². The smallest absolute Gasteiger partial charge is 0.222 e. The van der Waals surface area contributed by atoms with E-state index in [9.17, 15) is 4.79 Å². The molecule has 74 valence electrons. The van der Waals surface area contributed by atoms with Crippen LogP contribution in [0.4, 0.5) is 0 Å². The molecule has 0 aromatic rings. The minimum atomic E-state index is 0.266. The molecule has 0 aromatic heterocycles. The topological polar surface area (TPSA) is 46.3 Å².